The Bertz CT molecular complexity index is 798. The third kappa shape index (κ3) is 40.6. The Hall–Kier alpha value is -1.84. The molecule has 0 aliphatic heterocycles. The Morgan fingerprint density at radius 2 is 0.840 bits per heavy atom. The summed E-state index contributed by atoms with van der Waals surface area (Å²) in [6.07, 6.45) is 54.6. The van der Waals surface area contributed by atoms with E-state index in [4.69, 9.17) is 9.84 Å². The van der Waals surface area contributed by atoms with Gasteiger partial charge in [0, 0.05) is 12.8 Å². The van der Waals surface area contributed by atoms with Gasteiger partial charge in [0.2, 0.25) is 0 Å². The summed E-state index contributed by atoms with van der Waals surface area (Å²) in [6.45, 7) is 4.45. The van der Waals surface area contributed by atoms with Crippen LogP contribution in [0.25, 0.3) is 0 Å². The molecule has 4 nitrogen and oxygen atoms in total. The molecule has 0 aliphatic carbocycles. The summed E-state index contributed by atoms with van der Waals surface area (Å²) >= 11 is 0. The summed E-state index contributed by atoms with van der Waals surface area (Å²) in [6, 6.07) is 0. The van der Waals surface area contributed by atoms with E-state index in [1.54, 1.807) is 0 Å². The zero-order chi connectivity index (χ0) is 36.4. The fourth-order valence-electron chi connectivity index (χ4n) is 6.67. The highest BCUT2D eigenvalue weighted by molar-refractivity contribution is 5.69. The first-order valence-corrected chi connectivity index (χ1v) is 22.0. The van der Waals surface area contributed by atoms with E-state index >= 15 is 0 Å². The highest BCUT2D eigenvalue weighted by Crippen LogP contribution is 2.19. The monoisotopic (exact) mass is 701 g/mol. The molecule has 0 saturated carbocycles. The molecule has 0 rings (SSSR count). The molecular weight excluding hydrogens is 617 g/mol. The van der Waals surface area contributed by atoms with E-state index in [1.807, 2.05) is 0 Å². The van der Waals surface area contributed by atoms with E-state index in [9.17, 15) is 9.59 Å². The predicted molar refractivity (Wildman–Crippen MR) is 218 cm³/mol. The first kappa shape index (κ1) is 48.2. The first-order chi connectivity index (χ1) is 24.6. The van der Waals surface area contributed by atoms with Crippen molar-refractivity contribution in [1.82, 2.24) is 0 Å². The Balaban J connectivity index is 3.83. The summed E-state index contributed by atoms with van der Waals surface area (Å²) in [5.74, 6) is -0.798. The van der Waals surface area contributed by atoms with Crippen LogP contribution in [0.4, 0.5) is 0 Å². The van der Waals surface area contributed by atoms with Gasteiger partial charge in [-0.1, -0.05) is 192 Å². The van der Waals surface area contributed by atoms with Gasteiger partial charge in [0.15, 0.2) is 0 Å². The molecule has 1 N–H and O–H groups in total. The minimum atomic E-state index is -0.741. The van der Waals surface area contributed by atoms with Gasteiger partial charge in [-0.2, -0.15) is 0 Å². The molecule has 292 valence electrons. The van der Waals surface area contributed by atoms with Crippen LogP contribution in [0.1, 0.15) is 239 Å². The molecule has 0 amide bonds. The molecule has 1 atom stereocenters. The van der Waals surface area contributed by atoms with Crippen LogP contribution in [0, 0.1) is 0 Å². The standard InChI is InChI=1S/C46H84O4/c1-3-5-7-9-11-13-15-17-19-21-22-23-25-27-29-31-33-35-37-43-46(49)50-44(41-38-39-42-45(47)48)40-36-34-32-30-28-26-24-20-18-16-14-12-10-8-6-4-2/h5,7,11,13,17,19,44H,3-4,6,8-10,12,14-16,18,20-43H2,1-2H3,(H,47,48)/b7-5-,13-11-,19-17-. The molecule has 0 radical (unpaired) electrons. The number of ether oxygens (including phenoxy) is 1. The van der Waals surface area contributed by atoms with Crippen molar-refractivity contribution in [3.8, 4) is 0 Å². The van der Waals surface area contributed by atoms with E-state index in [2.05, 4.69) is 50.3 Å². The van der Waals surface area contributed by atoms with Crippen LogP contribution in [0.2, 0.25) is 0 Å². The van der Waals surface area contributed by atoms with Gasteiger partial charge < -0.3 is 9.84 Å². The fraction of sp³-hybridized carbons (Fsp3) is 0.826. The quantitative estimate of drug-likeness (QED) is 0.0393. The Morgan fingerprint density at radius 1 is 0.460 bits per heavy atom. The van der Waals surface area contributed by atoms with Crippen molar-refractivity contribution in [3.63, 3.8) is 0 Å². The number of esters is 1. The van der Waals surface area contributed by atoms with Crippen LogP contribution in [-0.4, -0.2) is 23.1 Å². The number of carbonyl (C=O) groups is 2. The molecule has 50 heavy (non-hydrogen) atoms. The molecule has 1 unspecified atom stereocenters. The van der Waals surface area contributed by atoms with Crippen LogP contribution in [0.5, 0.6) is 0 Å². The molecule has 4 heteroatoms. The SMILES string of the molecule is CC/C=C\C/C=C\C/C=C\CCCCCCCCCCCC(=O)OC(CCCCCCCCCCCCCCCCCC)CCCCC(=O)O. The van der Waals surface area contributed by atoms with Crippen molar-refractivity contribution < 1.29 is 19.4 Å². The normalized spacial score (nSPS) is 12.5. The molecule has 0 saturated heterocycles. The molecule has 0 aromatic rings. The lowest BCUT2D eigenvalue weighted by molar-refractivity contribution is -0.150. The lowest BCUT2D eigenvalue weighted by atomic mass is 10.0. The van der Waals surface area contributed by atoms with Crippen molar-refractivity contribution in [1.29, 1.82) is 0 Å². The highest BCUT2D eigenvalue weighted by atomic mass is 16.5. The third-order valence-electron chi connectivity index (χ3n) is 9.88. The summed E-state index contributed by atoms with van der Waals surface area (Å²) in [5, 5.41) is 8.98. The van der Waals surface area contributed by atoms with Crippen molar-refractivity contribution in [3.05, 3.63) is 36.5 Å². The van der Waals surface area contributed by atoms with Gasteiger partial charge in [-0.15, -0.1) is 0 Å². The first-order valence-electron chi connectivity index (χ1n) is 22.0. The van der Waals surface area contributed by atoms with Gasteiger partial charge >= 0.3 is 11.9 Å². The molecule has 0 aromatic heterocycles. The Morgan fingerprint density at radius 3 is 1.32 bits per heavy atom. The molecule has 0 aromatic carbocycles. The van der Waals surface area contributed by atoms with Crippen LogP contribution in [0.3, 0.4) is 0 Å². The van der Waals surface area contributed by atoms with E-state index in [1.165, 1.54) is 148 Å². The summed E-state index contributed by atoms with van der Waals surface area (Å²) < 4.78 is 5.92. The van der Waals surface area contributed by atoms with Crippen molar-refractivity contribution in [2.24, 2.45) is 0 Å². The number of allylic oxidation sites excluding steroid dienone is 6. The molecule has 0 fully saturated rings. The second kappa shape index (κ2) is 41.6. The topological polar surface area (TPSA) is 63.6 Å². The highest BCUT2D eigenvalue weighted by Gasteiger charge is 2.14. The largest absolute Gasteiger partial charge is 0.481 e. The average molecular weight is 701 g/mol. The predicted octanol–water partition coefficient (Wildman–Crippen LogP) is 15.3. The summed E-state index contributed by atoms with van der Waals surface area (Å²) in [7, 11) is 0. The van der Waals surface area contributed by atoms with Gasteiger partial charge in [0.05, 0.1) is 0 Å². The lowest BCUT2D eigenvalue weighted by Gasteiger charge is -2.18. The lowest BCUT2D eigenvalue weighted by Crippen LogP contribution is -2.18. The maximum Gasteiger partial charge on any atom is 0.306 e. The van der Waals surface area contributed by atoms with Gasteiger partial charge in [0.25, 0.3) is 0 Å². The van der Waals surface area contributed by atoms with E-state index in [0.29, 0.717) is 12.8 Å². The number of rotatable bonds is 40. The van der Waals surface area contributed by atoms with Crippen molar-refractivity contribution in [2.45, 2.75) is 245 Å². The third-order valence-corrected chi connectivity index (χ3v) is 9.88. The van der Waals surface area contributed by atoms with E-state index < -0.39 is 5.97 Å². The average Bonchev–Trinajstić information content (AvgIpc) is 3.10. The van der Waals surface area contributed by atoms with Crippen molar-refractivity contribution in [2.75, 3.05) is 0 Å². The minimum absolute atomic E-state index is 0.0479. The number of carboxylic acids is 1. The second-order valence-corrected chi connectivity index (χ2v) is 14.9. The van der Waals surface area contributed by atoms with Crippen LogP contribution in [0.15, 0.2) is 36.5 Å². The summed E-state index contributed by atoms with van der Waals surface area (Å²) in [4.78, 5) is 23.5. The number of hydrogen-bond acceptors (Lipinski definition) is 3. The number of carboxylic acid groups (broad SMARTS) is 1. The Kier molecular flexibility index (Phi) is 40.0. The zero-order valence-corrected chi connectivity index (χ0v) is 33.5. The number of aliphatic carboxylic acids is 1. The maximum atomic E-state index is 12.6. The van der Waals surface area contributed by atoms with Gasteiger partial charge in [-0.3, -0.25) is 9.59 Å². The van der Waals surface area contributed by atoms with Gasteiger partial charge in [-0.05, 0) is 70.6 Å². The molecule has 0 spiro atoms. The second-order valence-electron chi connectivity index (χ2n) is 14.9. The van der Waals surface area contributed by atoms with Crippen LogP contribution < -0.4 is 0 Å². The van der Waals surface area contributed by atoms with Crippen molar-refractivity contribution >= 4 is 11.9 Å². The number of carbonyl (C=O) groups excluding carboxylic acids is 1. The Labute approximate surface area is 311 Å². The van der Waals surface area contributed by atoms with Crippen LogP contribution >= 0.6 is 0 Å². The fourth-order valence-corrected chi connectivity index (χ4v) is 6.67. The molecule has 0 heterocycles. The zero-order valence-electron chi connectivity index (χ0n) is 33.5. The smallest absolute Gasteiger partial charge is 0.306 e. The number of hydrogen-bond donors (Lipinski definition) is 1. The summed E-state index contributed by atoms with van der Waals surface area (Å²) in [5.41, 5.74) is 0. The van der Waals surface area contributed by atoms with Crippen LogP contribution in [-0.2, 0) is 14.3 Å². The molecule has 0 aliphatic rings. The number of unbranched alkanes of at least 4 members (excludes halogenated alkanes) is 25. The minimum Gasteiger partial charge on any atom is -0.481 e. The van der Waals surface area contributed by atoms with E-state index in [-0.39, 0.29) is 18.5 Å². The molecular formula is C46H84O4. The van der Waals surface area contributed by atoms with E-state index in [0.717, 1.165) is 57.8 Å². The van der Waals surface area contributed by atoms with Gasteiger partial charge in [0.1, 0.15) is 6.10 Å². The van der Waals surface area contributed by atoms with Gasteiger partial charge in [-0.25, -0.2) is 0 Å². The molecule has 0 bridgehead atoms. The maximum absolute atomic E-state index is 12.6.